The molecule has 1 aromatic heterocycles. The molecule has 1 heterocycles. The van der Waals surface area contributed by atoms with Crippen LogP contribution in [0.1, 0.15) is 6.42 Å². The van der Waals surface area contributed by atoms with Crippen molar-refractivity contribution >= 4 is 40.7 Å². The van der Waals surface area contributed by atoms with Gasteiger partial charge in [-0.05, 0) is 48.5 Å². The molecule has 27 heavy (non-hydrogen) atoms. The van der Waals surface area contributed by atoms with Crippen LogP contribution in [0.25, 0.3) is 0 Å². The Kier molecular flexibility index (Phi) is 5.87. The number of carbonyl (C=O) groups excluding carboxylic acids is 1. The number of rotatable bonds is 6. The molecule has 0 bridgehead atoms. The van der Waals surface area contributed by atoms with Crippen molar-refractivity contribution in [3.8, 4) is 6.07 Å². The quantitative estimate of drug-likeness (QED) is 0.442. The highest BCUT2D eigenvalue weighted by Crippen LogP contribution is 2.28. The first-order valence-electron chi connectivity index (χ1n) is 8.03. The Balaban J connectivity index is 1.65. The summed E-state index contributed by atoms with van der Waals surface area (Å²) in [6, 6.07) is 18.3. The van der Waals surface area contributed by atoms with Gasteiger partial charge in [-0.1, -0.05) is 17.8 Å². The molecule has 1 amide bonds. The van der Waals surface area contributed by atoms with Crippen molar-refractivity contribution in [2.75, 3.05) is 16.4 Å². The average Bonchev–Trinajstić information content (AvgIpc) is 2.64. The molecule has 0 aliphatic heterocycles. The van der Waals surface area contributed by atoms with Gasteiger partial charge in [0, 0.05) is 28.2 Å². The summed E-state index contributed by atoms with van der Waals surface area (Å²) in [5.74, 6) is 0.150. The van der Waals surface area contributed by atoms with Gasteiger partial charge in [0.2, 0.25) is 11.9 Å². The van der Waals surface area contributed by atoms with Crippen LogP contribution in [-0.2, 0) is 4.79 Å². The van der Waals surface area contributed by atoms with Crippen LogP contribution in [0.3, 0.4) is 0 Å². The number of amides is 1. The van der Waals surface area contributed by atoms with Gasteiger partial charge in [-0.15, -0.1) is 0 Å². The molecule has 0 atom stereocenters. The SMILES string of the molecule is N#CCC(=O)Nc1ccc(Sc2ccnc(Nc3cccc(N)c3)n2)cc1. The first kappa shape index (κ1) is 18.2. The summed E-state index contributed by atoms with van der Waals surface area (Å²) in [6.07, 6.45) is 1.51. The Morgan fingerprint density at radius 2 is 1.96 bits per heavy atom. The van der Waals surface area contributed by atoms with E-state index in [1.807, 2.05) is 48.5 Å². The van der Waals surface area contributed by atoms with Gasteiger partial charge in [0.1, 0.15) is 11.4 Å². The van der Waals surface area contributed by atoms with Gasteiger partial charge in [0.25, 0.3) is 0 Å². The fourth-order valence-corrected chi connectivity index (χ4v) is 2.98. The number of nitrogens with zero attached hydrogens (tertiary/aromatic N) is 3. The van der Waals surface area contributed by atoms with E-state index in [2.05, 4.69) is 20.6 Å². The molecule has 0 aliphatic carbocycles. The predicted molar refractivity (Wildman–Crippen MR) is 106 cm³/mol. The smallest absolute Gasteiger partial charge is 0.238 e. The van der Waals surface area contributed by atoms with Gasteiger partial charge in [-0.3, -0.25) is 4.79 Å². The van der Waals surface area contributed by atoms with Crippen LogP contribution in [0.5, 0.6) is 0 Å². The van der Waals surface area contributed by atoms with Crippen LogP contribution < -0.4 is 16.4 Å². The number of carbonyl (C=O) groups is 1. The molecular formula is C19H16N6OS. The number of aromatic nitrogens is 2. The Bertz CT molecular complexity index is 984. The lowest BCUT2D eigenvalue weighted by atomic mass is 10.3. The summed E-state index contributed by atoms with van der Waals surface area (Å²) in [5.41, 5.74) is 7.90. The highest BCUT2D eigenvalue weighted by atomic mass is 32.2. The van der Waals surface area contributed by atoms with Crippen LogP contribution in [0, 0.1) is 11.3 Å². The predicted octanol–water partition coefficient (Wildman–Crippen LogP) is 3.81. The fraction of sp³-hybridized carbons (Fsp3) is 0.0526. The fourth-order valence-electron chi connectivity index (χ4n) is 2.21. The van der Waals surface area contributed by atoms with E-state index in [1.54, 1.807) is 18.3 Å². The summed E-state index contributed by atoms with van der Waals surface area (Å²) >= 11 is 1.47. The van der Waals surface area contributed by atoms with Crippen LogP contribution in [0.2, 0.25) is 0 Å². The maximum Gasteiger partial charge on any atom is 0.238 e. The van der Waals surface area contributed by atoms with E-state index in [9.17, 15) is 4.79 Å². The minimum absolute atomic E-state index is 0.166. The van der Waals surface area contributed by atoms with Crippen LogP contribution >= 0.6 is 11.8 Å². The van der Waals surface area contributed by atoms with Crippen molar-refractivity contribution < 1.29 is 4.79 Å². The molecule has 8 heteroatoms. The number of benzene rings is 2. The number of nitrogens with two attached hydrogens (primary N) is 1. The number of nitrogens with one attached hydrogen (secondary N) is 2. The molecule has 0 spiro atoms. The highest BCUT2D eigenvalue weighted by molar-refractivity contribution is 7.99. The molecule has 0 saturated heterocycles. The largest absolute Gasteiger partial charge is 0.399 e. The molecular weight excluding hydrogens is 360 g/mol. The number of anilines is 4. The lowest BCUT2D eigenvalue weighted by molar-refractivity contribution is -0.115. The molecule has 0 radical (unpaired) electrons. The zero-order valence-electron chi connectivity index (χ0n) is 14.2. The second-order valence-electron chi connectivity index (χ2n) is 5.48. The van der Waals surface area contributed by atoms with Crippen LogP contribution in [0.4, 0.5) is 23.0 Å². The van der Waals surface area contributed by atoms with E-state index in [4.69, 9.17) is 11.0 Å². The summed E-state index contributed by atoms with van der Waals surface area (Å²) in [4.78, 5) is 21.1. The van der Waals surface area contributed by atoms with Crippen molar-refractivity contribution in [3.05, 3.63) is 60.8 Å². The Hall–Kier alpha value is -3.57. The number of hydrogen-bond acceptors (Lipinski definition) is 7. The lowest BCUT2D eigenvalue weighted by Crippen LogP contribution is -2.09. The van der Waals surface area contributed by atoms with Crippen molar-refractivity contribution in [2.45, 2.75) is 16.3 Å². The minimum atomic E-state index is -0.328. The first-order valence-corrected chi connectivity index (χ1v) is 8.84. The second-order valence-corrected chi connectivity index (χ2v) is 6.57. The summed E-state index contributed by atoms with van der Waals surface area (Å²) in [6.45, 7) is 0. The van der Waals surface area contributed by atoms with E-state index in [0.717, 1.165) is 15.6 Å². The highest BCUT2D eigenvalue weighted by Gasteiger charge is 2.05. The lowest BCUT2D eigenvalue weighted by Gasteiger charge is -2.07. The third kappa shape index (κ3) is 5.45. The van der Waals surface area contributed by atoms with E-state index in [-0.39, 0.29) is 12.3 Å². The minimum Gasteiger partial charge on any atom is -0.399 e. The van der Waals surface area contributed by atoms with Gasteiger partial charge >= 0.3 is 0 Å². The summed E-state index contributed by atoms with van der Waals surface area (Å²) in [7, 11) is 0. The van der Waals surface area contributed by atoms with Gasteiger partial charge in [0.15, 0.2) is 0 Å². The first-order chi connectivity index (χ1) is 13.1. The van der Waals surface area contributed by atoms with Crippen molar-refractivity contribution in [1.82, 2.24) is 9.97 Å². The van der Waals surface area contributed by atoms with Crippen molar-refractivity contribution in [2.24, 2.45) is 0 Å². The number of nitrogen functional groups attached to an aromatic ring is 1. The molecule has 0 aliphatic rings. The maximum atomic E-state index is 11.4. The zero-order valence-corrected chi connectivity index (χ0v) is 15.0. The van der Waals surface area contributed by atoms with E-state index < -0.39 is 0 Å². The van der Waals surface area contributed by atoms with Crippen LogP contribution in [-0.4, -0.2) is 15.9 Å². The monoisotopic (exact) mass is 376 g/mol. The normalized spacial score (nSPS) is 10.0. The van der Waals surface area contributed by atoms with Gasteiger partial charge < -0.3 is 16.4 Å². The molecule has 7 nitrogen and oxygen atoms in total. The third-order valence-electron chi connectivity index (χ3n) is 3.37. The Morgan fingerprint density at radius 1 is 1.15 bits per heavy atom. The second kappa shape index (κ2) is 8.69. The third-order valence-corrected chi connectivity index (χ3v) is 4.32. The summed E-state index contributed by atoms with van der Waals surface area (Å²) < 4.78 is 0. The molecule has 0 unspecified atom stereocenters. The van der Waals surface area contributed by atoms with Gasteiger partial charge in [-0.25, -0.2) is 9.97 Å². The van der Waals surface area contributed by atoms with E-state index >= 15 is 0 Å². The number of hydrogen-bond donors (Lipinski definition) is 3. The van der Waals surface area contributed by atoms with Crippen molar-refractivity contribution in [3.63, 3.8) is 0 Å². The molecule has 0 fully saturated rings. The average molecular weight is 376 g/mol. The zero-order chi connectivity index (χ0) is 19.1. The molecule has 0 saturated carbocycles. The van der Waals surface area contributed by atoms with Gasteiger partial charge in [0.05, 0.1) is 6.07 Å². The molecule has 134 valence electrons. The van der Waals surface area contributed by atoms with Crippen molar-refractivity contribution in [1.29, 1.82) is 5.26 Å². The molecule has 3 aromatic rings. The maximum absolute atomic E-state index is 11.4. The topological polar surface area (TPSA) is 117 Å². The standard InChI is InChI=1S/C19H16N6OS/c20-10-8-17(26)23-14-4-6-16(7-5-14)27-18-9-11-22-19(25-18)24-15-3-1-2-13(21)12-15/h1-7,9,11-12H,8,21H2,(H,23,26)(H,22,24,25). The number of nitriles is 1. The molecule has 3 rings (SSSR count). The summed E-state index contributed by atoms with van der Waals surface area (Å²) in [5, 5.41) is 15.1. The van der Waals surface area contributed by atoms with Crippen LogP contribution in [0.15, 0.2) is 70.7 Å². The molecule has 4 N–H and O–H groups in total. The molecule has 2 aromatic carbocycles. The Morgan fingerprint density at radius 3 is 2.70 bits per heavy atom. The van der Waals surface area contributed by atoms with E-state index in [0.29, 0.717) is 17.3 Å². The van der Waals surface area contributed by atoms with Gasteiger partial charge in [-0.2, -0.15) is 5.26 Å². The Labute approximate surface area is 160 Å². The van der Waals surface area contributed by atoms with E-state index in [1.165, 1.54) is 11.8 Å².